The lowest BCUT2D eigenvalue weighted by Gasteiger charge is -1.72. The number of hydrogen-bond donors (Lipinski definition) is 0. The summed E-state index contributed by atoms with van der Waals surface area (Å²) in [5.74, 6) is 2.13. The summed E-state index contributed by atoms with van der Waals surface area (Å²) in [6, 6.07) is 0. The minimum atomic E-state index is 1.03. The first-order chi connectivity index (χ1) is 2.97. The predicted octanol–water partition coefficient (Wildman–Crippen LogP) is 1.58. The highest BCUT2D eigenvalue weighted by atomic mass is 14.4. The van der Waals surface area contributed by atoms with Gasteiger partial charge >= 0.3 is 0 Å². The lowest BCUT2D eigenvalue weighted by molar-refractivity contribution is 0.855. The van der Waals surface area contributed by atoms with Crippen LogP contribution in [0.2, 0.25) is 0 Å². The molecule has 2 atom stereocenters. The molecule has 0 aromatic rings. The molecule has 6 heavy (non-hydrogen) atoms. The van der Waals surface area contributed by atoms with Gasteiger partial charge in [-0.2, -0.15) is 0 Å². The molecule has 0 aliphatic heterocycles. The second-order valence-corrected chi connectivity index (χ2v) is 2.32. The van der Waals surface area contributed by atoms with Crippen LogP contribution < -0.4 is 0 Å². The van der Waals surface area contributed by atoms with Crippen molar-refractivity contribution < 1.29 is 0 Å². The zero-order chi connectivity index (χ0) is 3.98. The van der Waals surface area contributed by atoms with Crippen LogP contribution >= 0.6 is 0 Å². The average Bonchev–Trinajstić information content (AvgIpc) is 2.17. The third-order valence-electron chi connectivity index (χ3n) is 1.80. The van der Waals surface area contributed by atoms with E-state index in [0.717, 1.165) is 11.8 Å². The van der Waals surface area contributed by atoms with Crippen molar-refractivity contribution in [3.05, 3.63) is 12.2 Å². The average molecular weight is 80.1 g/mol. The van der Waals surface area contributed by atoms with E-state index in [-0.39, 0.29) is 0 Å². The highest BCUT2D eigenvalue weighted by Gasteiger charge is 2.36. The Hall–Kier alpha value is -0.260. The van der Waals surface area contributed by atoms with E-state index < -0.39 is 0 Å². The molecule has 2 rings (SSSR count). The fourth-order valence-electron chi connectivity index (χ4n) is 1.21. The van der Waals surface area contributed by atoms with Gasteiger partial charge in [0.15, 0.2) is 0 Å². The normalized spacial score (nSPS) is 49.3. The van der Waals surface area contributed by atoms with Crippen molar-refractivity contribution in [1.29, 1.82) is 0 Å². The first kappa shape index (κ1) is 2.84. The summed E-state index contributed by atoms with van der Waals surface area (Å²) < 4.78 is 0. The van der Waals surface area contributed by atoms with Crippen molar-refractivity contribution in [1.82, 2.24) is 0 Å². The summed E-state index contributed by atoms with van der Waals surface area (Å²) in [5.41, 5.74) is 0. The van der Waals surface area contributed by atoms with Gasteiger partial charge in [-0.1, -0.05) is 12.2 Å². The second kappa shape index (κ2) is 0.699. The zero-order valence-electron chi connectivity index (χ0n) is 3.72. The van der Waals surface area contributed by atoms with Crippen molar-refractivity contribution in [3.8, 4) is 0 Å². The van der Waals surface area contributed by atoms with E-state index in [1.54, 1.807) is 0 Å². The van der Waals surface area contributed by atoms with Gasteiger partial charge in [0.25, 0.3) is 0 Å². The fraction of sp³-hybridized carbons (Fsp3) is 0.667. The minimum absolute atomic E-state index is 1.03. The Morgan fingerprint density at radius 1 is 1.50 bits per heavy atom. The molecule has 0 bridgehead atoms. The molecule has 0 heterocycles. The van der Waals surface area contributed by atoms with E-state index in [1.807, 2.05) is 0 Å². The van der Waals surface area contributed by atoms with Crippen LogP contribution in [0.15, 0.2) is 12.2 Å². The molecular weight excluding hydrogens is 72.1 g/mol. The van der Waals surface area contributed by atoms with Gasteiger partial charge in [0.05, 0.1) is 0 Å². The molecule has 0 heteroatoms. The van der Waals surface area contributed by atoms with Crippen molar-refractivity contribution in [3.63, 3.8) is 0 Å². The Labute approximate surface area is 37.9 Å². The van der Waals surface area contributed by atoms with E-state index in [4.69, 9.17) is 0 Å². The van der Waals surface area contributed by atoms with Crippen LogP contribution in [0.4, 0.5) is 0 Å². The van der Waals surface area contributed by atoms with Gasteiger partial charge in [-0.25, -0.2) is 0 Å². The monoisotopic (exact) mass is 80.1 g/mol. The third kappa shape index (κ3) is 0.204. The highest BCUT2D eigenvalue weighted by molar-refractivity contribution is 5.11. The maximum absolute atomic E-state index is 2.35. The van der Waals surface area contributed by atoms with Crippen LogP contribution in [0, 0.1) is 11.8 Å². The minimum Gasteiger partial charge on any atom is -0.0880 e. The third-order valence-corrected chi connectivity index (χ3v) is 1.80. The van der Waals surface area contributed by atoms with Gasteiger partial charge < -0.3 is 0 Å². The van der Waals surface area contributed by atoms with E-state index in [0.29, 0.717) is 0 Å². The molecule has 0 amide bonds. The molecule has 0 N–H and O–H groups in total. The molecular formula is C6H8. The molecule has 1 fully saturated rings. The molecule has 2 aliphatic rings. The van der Waals surface area contributed by atoms with Crippen molar-refractivity contribution in [2.75, 3.05) is 0 Å². The highest BCUT2D eigenvalue weighted by Crippen LogP contribution is 2.46. The van der Waals surface area contributed by atoms with Gasteiger partial charge in [0.1, 0.15) is 0 Å². The standard InChI is InChI=1S/C6H8/c1-2-5-4-6(5)3-1/h1-2,5-6H,3-4H2/t5?,6-/m0/s1. The first-order valence-corrected chi connectivity index (χ1v) is 2.63. The van der Waals surface area contributed by atoms with Crippen LogP contribution in [0.3, 0.4) is 0 Å². The predicted molar refractivity (Wildman–Crippen MR) is 25.4 cm³/mol. The molecule has 0 radical (unpaired) electrons. The molecule has 1 unspecified atom stereocenters. The number of allylic oxidation sites excluding steroid dienone is 2. The van der Waals surface area contributed by atoms with E-state index >= 15 is 0 Å². The van der Waals surface area contributed by atoms with E-state index in [1.165, 1.54) is 12.8 Å². The largest absolute Gasteiger partial charge is 0.0880 e. The van der Waals surface area contributed by atoms with Gasteiger partial charge in [0.2, 0.25) is 0 Å². The van der Waals surface area contributed by atoms with Gasteiger partial charge in [-0.3, -0.25) is 0 Å². The summed E-state index contributed by atoms with van der Waals surface area (Å²) in [4.78, 5) is 0. The number of fused-ring (bicyclic) bond motifs is 1. The van der Waals surface area contributed by atoms with Crippen LogP contribution in [0.25, 0.3) is 0 Å². The summed E-state index contributed by atoms with van der Waals surface area (Å²) in [7, 11) is 0. The Kier molecular flexibility index (Phi) is 0.331. The maximum atomic E-state index is 2.35. The Morgan fingerprint density at radius 3 is 2.67 bits per heavy atom. The summed E-state index contributed by atoms with van der Waals surface area (Å²) in [5, 5.41) is 0. The topological polar surface area (TPSA) is 0 Å². The van der Waals surface area contributed by atoms with Crippen molar-refractivity contribution in [2.45, 2.75) is 12.8 Å². The summed E-state index contributed by atoms with van der Waals surface area (Å²) >= 11 is 0. The molecule has 0 saturated heterocycles. The SMILES string of the molecule is C1=CC2C[C@@H]2C1. The van der Waals surface area contributed by atoms with E-state index in [9.17, 15) is 0 Å². The van der Waals surface area contributed by atoms with Gasteiger partial charge in [-0.05, 0) is 24.7 Å². The summed E-state index contributed by atoms with van der Waals surface area (Å²) in [6.45, 7) is 0. The summed E-state index contributed by atoms with van der Waals surface area (Å²) in [6.07, 6.45) is 7.53. The van der Waals surface area contributed by atoms with Crippen molar-refractivity contribution in [2.24, 2.45) is 11.8 Å². The molecule has 0 spiro atoms. The number of hydrogen-bond acceptors (Lipinski definition) is 0. The lowest BCUT2D eigenvalue weighted by atomic mass is 10.3. The van der Waals surface area contributed by atoms with Crippen LogP contribution in [-0.2, 0) is 0 Å². The molecule has 0 nitrogen and oxygen atoms in total. The molecule has 32 valence electrons. The quantitative estimate of drug-likeness (QED) is 0.387. The Morgan fingerprint density at radius 2 is 2.50 bits per heavy atom. The van der Waals surface area contributed by atoms with Crippen LogP contribution in [0.5, 0.6) is 0 Å². The number of rotatable bonds is 0. The Balaban J connectivity index is 2.26. The van der Waals surface area contributed by atoms with Gasteiger partial charge in [-0.15, -0.1) is 0 Å². The first-order valence-electron chi connectivity index (χ1n) is 2.63. The fourth-order valence-corrected chi connectivity index (χ4v) is 1.21. The maximum Gasteiger partial charge on any atom is -0.0199 e. The van der Waals surface area contributed by atoms with E-state index in [2.05, 4.69) is 12.2 Å². The van der Waals surface area contributed by atoms with Crippen LogP contribution in [-0.4, -0.2) is 0 Å². The lowest BCUT2D eigenvalue weighted by Crippen LogP contribution is -1.61. The molecule has 0 aromatic carbocycles. The Bertz CT molecular complexity index is 92.2. The zero-order valence-corrected chi connectivity index (χ0v) is 3.72. The molecule has 1 saturated carbocycles. The smallest absolute Gasteiger partial charge is 0.0199 e. The second-order valence-electron chi connectivity index (χ2n) is 2.32. The van der Waals surface area contributed by atoms with Crippen LogP contribution in [0.1, 0.15) is 12.8 Å². The van der Waals surface area contributed by atoms with Crippen molar-refractivity contribution >= 4 is 0 Å². The molecule has 2 aliphatic carbocycles. The van der Waals surface area contributed by atoms with Gasteiger partial charge in [0, 0.05) is 0 Å². The molecule has 0 aromatic heterocycles.